The van der Waals surface area contributed by atoms with Gasteiger partial charge in [-0.3, -0.25) is 0 Å². The molecule has 2 heteroatoms. The molecule has 1 fully saturated rings. The van der Waals surface area contributed by atoms with Crippen LogP contribution < -0.4 is 5.32 Å². The molecule has 3 unspecified atom stereocenters. The maximum atomic E-state index is 10.6. The van der Waals surface area contributed by atoms with E-state index in [0.29, 0.717) is 12.0 Å². The van der Waals surface area contributed by atoms with Crippen LogP contribution in [-0.4, -0.2) is 17.7 Å². The third-order valence-corrected chi connectivity index (χ3v) is 4.64. The summed E-state index contributed by atoms with van der Waals surface area (Å²) in [6, 6.07) is 8.90. The number of nitrogens with one attached hydrogen (secondary N) is 1. The fourth-order valence-corrected chi connectivity index (χ4v) is 3.60. The molecule has 1 aromatic rings. The van der Waals surface area contributed by atoms with E-state index in [4.69, 9.17) is 0 Å². The van der Waals surface area contributed by atoms with Crippen LogP contribution in [0.2, 0.25) is 0 Å². The molecule has 3 rings (SSSR count). The summed E-state index contributed by atoms with van der Waals surface area (Å²) < 4.78 is 0. The molecule has 1 aliphatic heterocycles. The Kier molecular flexibility index (Phi) is 3.67. The third-order valence-electron chi connectivity index (χ3n) is 4.64. The van der Waals surface area contributed by atoms with Crippen molar-refractivity contribution in [2.24, 2.45) is 5.92 Å². The summed E-state index contributed by atoms with van der Waals surface area (Å²) in [4.78, 5) is 0. The van der Waals surface area contributed by atoms with Crippen molar-refractivity contribution in [1.82, 2.24) is 5.32 Å². The van der Waals surface area contributed by atoms with E-state index in [1.165, 1.54) is 36.8 Å². The lowest BCUT2D eigenvalue weighted by molar-refractivity contribution is 0.0683. The topological polar surface area (TPSA) is 32.3 Å². The molecule has 2 aliphatic rings. The van der Waals surface area contributed by atoms with E-state index in [-0.39, 0.29) is 6.10 Å². The van der Waals surface area contributed by atoms with Gasteiger partial charge in [0.2, 0.25) is 0 Å². The lowest BCUT2D eigenvalue weighted by Crippen LogP contribution is -2.40. The van der Waals surface area contributed by atoms with Crippen molar-refractivity contribution in [3.8, 4) is 0 Å². The van der Waals surface area contributed by atoms with Crippen molar-refractivity contribution in [2.75, 3.05) is 6.54 Å². The summed E-state index contributed by atoms with van der Waals surface area (Å²) in [7, 11) is 0. The third kappa shape index (κ3) is 2.32. The number of hydrogen-bond donors (Lipinski definition) is 2. The Bertz CT molecular complexity index is 396. The molecule has 0 aromatic heterocycles. The summed E-state index contributed by atoms with van der Waals surface area (Å²) in [6.45, 7) is 1.12. The molecule has 3 atom stereocenters. The molecule has 0 amide bonds. The van der Waals surface area contributed by atoms with Gasteiger partial charge in [-0.15, -0.1) is 0 Å². The summed E-state index contributed by atoms with van der Waals surface area (Å²) >= 11 is 0. The van der Waals surface area contributed by atoms with E-state index >= 15 is 0 Å². The highest BCUT2D eigenvalue weighted by Gasteiger charge is 2.33. The van der Waals surface area contributed by atoms with Crippen molar-refractivity contribution >= 4 is 0 Å². The second-order valence-corrected chi connectivity index (χ2v) is 5.76. The minimum atomic E-state index is -0.273. The van der Waals surface area contributed by atoms with Crippen molar-refractivity contribution in [2.45, 2.75) is 50.7 Å². The van der Waals surface area contributed by atoms with E-state index in [1.54, 1.807) is 0 Å². The summed E-state index contributed by atoms with van der Waals surface area (Å²) in [6.07, 6.45) is 7.13. The number of benzene rings is 1. The van der Waals surface area contributed by atoms with Crippen LogP contribution in [-0.2, 0) is 6.42 Å². The quantitative estimate of drug-likeness (QED) is 0.797. The van der Waals surface area contributed by atoms with Crippen molar-refractivity contribution in [3.05, 3.63) is 35.4 Å². The highest BCUT2D eigenvalue weighted by atomic mass is 16.3. The molecule has 1 aromatic carbocycles. The Labute approximate surface area is 109 Å². The molecule has 2 N–H and O–H groups in total. The predicted molar refractivity (Wildman–Crippen MR) is 73.5 cm³/mol. The molecule has 0 radical (unpaired) electrons. The fourth-order valence-electron chi connectivity index (χ4n) is 3.60. The number of aliphatic hydroxyl groups is 1. The molecule has 1 heterocycles. The standard InChI is InChI=1S/C16H23NO/c18-16-13-7-4-3-6-12(13)9-10-14(16)15-8-2-1-5-11-17-15/h3-4,6-7,14-18H,1-2,5,8-11H2. The molecule has 0 bridgehead atoms. The lowest BCUT2D eigenvalue weighted by atomic mass is 9.76. The van der Waals surface area contributed by atoms with E-state index in [1.807, 2.05) is 6.07 Å². The number of rotatable bonds is 1. The Morgan fingerprint density at radius 3 is 2.89 bits per heavy atom. The van der Waals surface area contributed by atoms with Gasteiger partial charge >= 0.3 is 0 Å². The second-order valence-electron chi connectivity index (χ2n) is 5.76. The molecular formula is C16H23NO. The maximum absolute atomic E-state index is 10.6. The van der Waals surface area contributed by atoms with E-state index < -0.39 is 0 Å². The predicted octanol–water partition coefficient (Wildman–Crippen LogP) is 2.81. The molecule has 2 nitrogen and oxygen atoms in total. The average molecular weight is 245 g/mol. The van der Waals surface area contributed by atoms with Gasteiger partial charge in [0.25, 0.3) is 0 Å². The minimum absolute atomic E-state index is 0.273. The number of fused-ring (bicyclic) bond motifs is 1. The molecule has 0 saturated carbocycles. The number of aryl methyl sites for hydroxylation is 1. The maximum Gasteiger partial charge on any atom is 0.0835 e. The van der Waals surface area contributed by atoms with Crippen LogP contribution in [0.3, 0.4) is 0 Å². The first-order valence-electron chi connectivity index (χ1n) is 7.35. The van der Waals surface area contributed by atoms with Crippen molar-refractivity contribution in [1.29, 1.82) is 0 Å². The first-order valence-corrected chi connectivity index (χ1v) is 7.35. The monoisotopic (exact) mass is 245 g/mol. The van der Waals surface area contributed by atoms with Crippen LogP contribution in [0.1, 0.15) is 49.3 Å². The smallest absolute Gasteiger partial charge is 0.0835 e. The van der Waals surface area contributed by atoms with E-state index in [2.05, 4.69) is 23.5 Å². The zero-order valence-electron chi connectivity index (χ0n) is 10.9. The van der Waals surface area contributed by atoms with Gasteiger partial charge < -0.3 is 10.4 Å². The molecule has 98 valence electrons. The Morgan fingerprint density at radius 2 is 1.94 bits per heavy atom. The van der Waals surface area contributed by atoms with E-state index in [0.717, 1.165) is 19.4 Å². The average Bonchev–Trinajstić information content (AvgIpc) is 2.68. The second kappa shape index (κ2) is 5.41. The van der Waals surface area contributed by atoms with Gasteiger partial charge in [0, 0.05) is 12.0 Å². The normalized spacial score (nSPS) is 32.6. The molecule has 1 saturated heterocycles. The van der Waals surface area contributed by atoms with Gasteiger partial charge in [0.1, 0.15) is 0 Å². The Balaban J connectivity index is 1.78. The van der Waals surface area contributed by atoms with Gasteiger partial charge in [-0.1, -0.05) is 37.1 Å². The first kappa shape index (κ1) is 12.2. The van der Waals surface area contributed by atoms with Gasteiger partial charge in [0.05, 0.1) is 6.10 Å². The highest BCUT2D eigenvalue weighted by Crippen LogP contribution is 2.37. The van der Waals surface area contributed by atoms with Crippen LogP contribution in [0.4, 0.5) is 0 Å². The van der Waals surface area contributed by atoms with Gasteiger partial charge in [-0.25, -0.2) is 0 Å². The zero-order valence-corrected chi connectivity index (χ0v) is 10.9. The lowest BCUT2D eigenvalue weighted by Gasteiger charge is -2.35. The van der Waals surface area contributed by atoms with Gasteiger partial charge in [-0.05, 0) is 43.4 Å². The van der Waals surface area contributed by atoms with Crippen molar-refractivity contribution < 1.29 is 5.11 Å². The molecule has 18 heavy (non-hydrogen) atoms. The number of hydrogen-bond acceptors (Lipinski definition) is 2. The summed E-state index contributed by atoms with van der Waals surface area (Å²) in [5.74, 6) is 0.401. The molecular weight excluding hydrogens is 222 g/mol. The molecule has 0 spiro atoms. The highest BCUT2D eigenvalue weighted by molar-refractivity contribution is 5.32. The zero-order chi connectivity index (χ0) is 12.4. The summed E-state index contributed by atoms with van der Waals surface area (Å²) in [5.41, 5.74) is 2.51. The SMILES string of the molecule is OC1c2ccccc2CCC1C1CCCCCN1. The van der Waals surface area contributed by atoms with Crippen LogP contribution in [0, 0.1) is 5.92 Å². The summed E-state index contributed by atoms with van der Waals surface area (Å²) in [5, 5.41) is 14.3. The largest absolute Gasteiger partial charge is 0.388 e. The van der Waals surface area contributed by atoms with Crippen LogP contribution >= 0.6 is 0 Å². The van der Waals surface area contributed by atoms with Crippen LogP contribution in [0.15, 0.2) is 24.3 Å². The minimum Gasteiger partial charge on any atom is -0.388 e. The first-order chi connectivity index (χ1) is 8.86. The van der Waals surface area contributed by atoms with Crippen LogP contribution in [0.25, 0.3) is 0 Å². The number of aliphatic hydroxyl groups excluding tert-OH is 1. The van der Waals surface area contributed by atoms with Gasteiger partial charge in [0.15, 0.2) is 0 Å². The van der Waals surface area contributed by atoms with Crippen molar-refractivity contribution in [3.63, 3.8) is 0 Å². The Morgan fingerprint density at radius 1 is 1.06 bits per heavy atom. The van der Waals surface area contributed by atoms with E-state index in [9.17, 15) is 5.11 Å². The van der Waals surface area contributed by atoms with Gasteiger partial charge in [-0.2, -0.15) is 0 Å². The Hall–Kier alpha value is -0.860. The fraction of sp³-hybridized carbons (Fsp3) is 0.625. The molecule has 1 aliphatic carbocycles. The van der Waals surface area contributed by atoms with Crippen LogP contribution in [0.5, 0.6) is 0 Å².